The van der Waals surface area contributed by atoms with Crippen LogP contribution in [-0.4, -0.2) is 38.1 Å². The summed E-state index contributed by atoms with van der Waals surface area (Å²) < 4.78 is 16.3. The van der Waals surface area contributed by atoms with Crippen LogP contribution in [0.5, 0.6) is 17.2 Å². The molecule has 8 nitrogen and oxygen atoms in total. The van der Waals surface area contributed by atoms with Crippen LogP contribution in [0, 0.1) is 0 Å². The van der Waals surface area contributed by atoms with Gasteiger partial charge >= 0.3 is 0 Å². The maximum atomic E-state index is 12.2. The number of carbonyl (C=O) groups is 1. The maximum absolute atomic E-state index is 12.2. The Labute approximate surface area is 207 Å². The third-order valence-corrected chi connectivity index (χ3v) is 4.95. The number of nitrogens with one attached hydrogen (secondary N) is 3. The van der Waals surface area contributed by atoms with E-state index < -0.39 is 0 Å². The summed E-state index contributed by atoms with van der Waals surface area (Å²) in [5, 5.41) is 10.6. The molecule has 0 aliphatic rings. The molecule has 3 rings (SSSR count). The molecule has 0 heterocycles. The van der Waals surface area contributed by atoms with Crippen LogP contribution in [0.25, 0.3) is 0 Å². The van der Waals surface area contributed by atoms with Crippen molar-refractivity contribution in [3.05, 3.63) is 77.3 Å². The first-order valence-corrected chi connectivity index (χ1v) is 10.9. The van der Waals surface area contributed by atoms with E-state index in [-0.39, 0.29) is 12.5 Å². The van der Waals surface area contributed by atoms with E-state index in [4.69, 9.17) is 38.0 Å². The van der Waals surface area contributed by atoms with Crippen molar-refractivity contribution in [2.75, 3.05) is 31.5 Å². The van der Waals surface area contributed by atoms with E-state index in [1.165, 1.54) is 7.11 Å². The lowest BCUT2D eigenvalue weighted by atomic mass is 10.2. The largest absolute Gasteiger partial charge is 0.495 e. The molecule has 1 amide bonds. The van der Waals surface area contributed by atoms with E-state index in [2.05, 4.69) is 21.2 Å². The number of nitrogens with zero attached hydrogens (tertiary/aromatic N) is 1. The summed E-state index contributed by atoms with van der Waals surface area (Å²) in [4.78, 5) is 12.2. The van der Waals surface area contributed by atoms with Gasteiger partial charge in [0, 0.05) is 0 Å². The molecule has 0 atom stereocenters. The molecule has 0 fully saturated rings. The zero-order chi connectivity index (χ0) is 24.3. The highest BCUT2D eigenvalue weighted by atomic mass is 35.5. The highest BCUT2D eigenvalue weighted by Gasteiger charge is 2.10. The number of methoxy groups -OCH3 is 2. The van der Waals surface area contributed by atoms with Crippen LogP contribution in [0.4, 0.5) is 11.4 Å². The number of thiocarbonyl (C=S) groups is 1. The smallest absolute Gasteiger partial charge is 0.262 e. The van der Waals surface area contributed by atoms with Gasteiger partial charge in [-0.3, -0.25) is 10.2 Å². The SMILES string of the molecule is COc1ccccc1NC(=S)N/N=C/c1ccc(OCC(=O)Nc2ccccc2Cl)c(OC)c1. The van der Waals surface area contributed by atoms with Gasteiger partial charge in [-0.1, -0.05) is 35.9 Å². The number of rotatable bonds is 9. The second-order valence-corrected chi connectivity index (χ2v) is 7.57. The standard InChI is InChI=1S/C24H23ClN4O4S/c1-31-20-10-6-5-9-19(20)28-24(34)29-26-14-16-11-12-21(22(13-16)32-2)33-15-23(30)27-18-8-4-3-7-17(18)25/h3-14H,15H2,1-2H3,(H,27,30)(H2,28,29,34)/b26-14+. The van der Waals surface area contributed by atoms with E-state index in [0.717, 1.165) is 11.3 Å². The fourth-order valence-electron chi connectivity index (χ4n) is 2.84. The minimum atomic E-state index is -0.346. The Morgan fingerprint density at radius 2 is 1.65 bits per heavy atom. The van der Waals surface area contributed by atoms with Crippen molar-refractivity contribution in [1.29, 1.82) is 0 Å². The first-order valence-electron chi connectivity index (χ1n) is 10.1. The fourth-order valence-corrected chi connectivity index (χ4v) is 3.19. The Kier molecular flexibility index (Phi) is 9.07. The monoisotopic (exact) mass is 498 g/mol. The van der Waals surface area contributed by atoms with Gasteiger partial charge in [-0.05, 0) is 60.2 Å². The molecule has 0 bridgehead atoms. The molecule has 0 saturated carbocycles. The Morgan fingerprint density at radius 3 is 2.38 bits per heavy atom. The molecule has 3 aromatic carbocycles. The second-order valence-electron chi connectivity index (χ2n) is 6.75. The Morgan fingerprint density at radius 1 is 0.941 bits per heavy atom. The van der Waals surface area contributed by atoms with Gasteiger partial charge in [-0.2, -0.15) is 5.10 Å². The van der Waals surface area contributed by atoms with Crippen molar-refractivity contribution in [2.24, 2.45) is 5.10 Å². The number of halogens is 1. The topological polar surface area (TPSA) is 93.2 Å². The third-order valence-electron chi connectivity index (χ3n) is 4.43. The Bertz CT molecular complexity index is 1190. The summed E-state index contributed by atoms with van der Waals surface area (Å²) in [7, 11) is 3.10. The van der Waals surface area contributed by atoms with Crippen molar-refractivity contribution < 1.29 is 19.0 Å². The summed E-state index contributed by atoms with van der Waals surface area (Å²) in [6.45, 7) is -0.209. The second kappa shape index (κ2) is 12.4. The molecule has 34 heavy (non-hydrogen) atoms. The van der Waals surface area contributed by atoms with Crippen molar-refractivity contribution in [2.45, 2.75) is 0 Å². The van der Waals surface area contributed by atoms with E-state index in [1.807, 2.05) is 24.3 Å². The van der Waals surface area contributed by atoms with Crippen LogP contribution in [0.2, 0.25) is 5.02 Å². The summed E-state index contributed by atoms with van der Waals surface area (Å²) in [6.07, 6.45) is 1.58. The lowest BCUT2D eigenvalue weighted by Gasteiger charge is -2.12. The molecule has 10 heteroatoms. The van der Waals surface area contributed by atoms with Gasteiger partial charge in [0.1, 0.15) is 5.75 Å². The molecular formula is C24H23ClN4O4S. The van der Waals surface area contributed by atoms with Crippen LogP contribution < -0.4 is 30.3 Å². The highest BCUT2D eigenvalue weighted by molar-refractivity contribution is 7.80. The minimum Gasteiger partial charge on any atom is -0.495 e. The van der Waals surface area contributed by atoms with Crippen LogP contribution in [-0.2, 0) is 4.79 Å². The molecule has 0 radical (unpaired) electrons. The molecule has 0 aromatic heterocycles. The highest BCUT2D eigenvalue weighted by Crippen LogP contribution is 2.28. The molecule has 176 valence electrons. The van der Waals surface area contributed by atoms with Gasteiger partial charge in [0.05, 0.1) is 36.8 Å². The average Bonchev–Trinajstić information content (AvgIpc) is 2.84. The quantitative estimate of drug-likeness (QED) is 0.224. The average molecular weight is 499 g/mol. The third kappa shape index (κ3) is 7.09. The van der Waals surface area contributed by atoms with Crippen molar-refractivity contribution >= 4 is 52.4 Å². The number of ether oxygens (including phenoxy) is 3. The molecule has 0 saturated heterocycles. The number of amides is 1. The van der Waals surface area contributed by atoms with Gasteiger partial charge in [0.2, 0.25) is 0 Å². The molecule has 0 aliphatic heterocycles. The summed E-state index contributed by atoms with van der Waals surface area (Å²) in [6, 6.07) is 19.5. The maximum Gasteiger partial charge on any atom is 0.262 e. The van der Waals surface area contributed by atoms with Gasteiger partial charge < -0.3 is 24.8 Å². The zero-order valence-electron chi connectivity index (χ0n) is 18.5. The minimum absolute atomic E-state index is 0.209. The number of hydrogen-bond acceptors (Lipinski definition) is 6. The normalized spacial score (nSPS) is 10.4. The van der Waals surface area contributed by atoms with Crippen LogP contribution in [0.15, 0.2) is 71.8 Å². The predicted octanol–water partition coefficient (Wildman–Crippen LogP) is 4.70. The van der Waals surface area contributed by atoms with E-state index in [1.54, 1.807) is 55.8 Å². The summed E-state index contributed by atoms with van der Waals surface area (Å²) in [5.41, 5.74) is 4.72. The van der Waals surface area contributed by atoms with Crippen molar-refractivity contribution in [1.82, 2.24) is 5.43 Å². The first-order chi connectivity index (χ1) is 16.5. The van der Waals surface area contributed by atoms with E-state index >= 15 is 0 Å². The summed E-state index contributed by atoms with van der Waals surface area (Å²) >= 11 is 11.3. The van der Waals surface area contributed by atoms with Crippen LogP contribution >= 0.6 is 23.8 Å². The molecule has 0 unspecified atom stereocenters. The molecular weight excluding hydrogens is 476 g/mol. The summed E-state index contributed by atoms with van der Waals surface area (Å²) in [5.74, 6) is 1.18. The van der Waals surface area contributed by atoms with Crippen molar-refractivity contribution in [3.63, 3.8) is 0 Å². The Balaban J connectivity index is 1.54. The van der Waals surface area contributed by atoms with E-state index in [9.17, 15) is 4.79 Å². The van der Waals surface area contributed by atoms with Gasteiger partial charge in [-0.15, -0.1) is 0 Å². The van der Waals surface area contributed by atoms with Crippen LogP contribution in [0.3, 0.4) is 0 Å². The lowest BCUT2D eigenvalue weighted by Crippen LogP contribution is -2.24. The number of benzene rings is 3. The molecule has 0 spiro atoms. The molecule has 3 N–H and O–H groups in total. The molecule has 0 aliphatic carbocycles. The number of anilines is 2. The number of hydrazone groups is 1. The van der Waals surface area contributed by atoms with Crippen LogP contribution in [0.1, 0.15) is 5.56 Å². The first kappa shape index (κ1) is 24.8. The van der Waals surface area contributed by atoms with E-state index in [0.29, 0.717) is 33.1 Å². The Hall–Kier alpha value is -3.82. The van der Waals surface area contributed by atoms with Gasteiger partial charge in [0.15, 0.2) is 23.2 Å². The number of hydrogen-bond donors (Lipinski definition) is 3. The molecule has 3 aromatic rings. The zero-order valence-corrected chi connectivity index (χ0v) is 20.1. The fraction of sp³-hybridized carbons (Fsp3) is 0.125. The van der Waals surface area contributed by atoms with Gasteiger partial charge in [0.25, 0.3) is 5.91 Å². The number of carbonyl (C=O) groups excluding carboxylic acids is 1. The van der Waals surface area contributed by atoms with Gasteiger partial charge in [-0.25, -0.2) is 0 Å². The number of para-hydroxylation sites is 3. The van der Waals surface area contributed by atoms with Crippen molar-refractivity contribution in [3.8, 4) is 17.2 Å². The predicted molar refractivity (Wildman–Crippen MR) is 139 cm³/mol. The lowest BCUT2D eigenvalue weighted by molar-refractivity contribution is -0.118.